The number of hydrogen-bond donors (Lipinski definition) is 1. The van der Waals surface area contributed by atoms with Gasteiger partial charge in [0.15, 0.2) is 5.82 Å². The molecule has 0 atom stereocenters. The Hall–Kier alpha value is -1.33. The highest BCUT2D eigenvalue weighted by Crippen LogP contribution is 2.32. The third kappa shape index (κ3) is 1.75. The molecule has 0 fully saturated rings. The van der Waals surface area contributed by atoms with Gasteiger partial charge < -0.3 is 5.73 Å². The number of nitrogen functional groups attached to an aromatic ring is 1. The lowest BCUT2D eigenvalue weighted by Crippen LogP contribution is -1.96. The minimum atomic E-state index is 0.343. The third-order valence-corrected chi connectivity index (χ3v) is 2.75. The minimum absolute atomic E-state index is 0.343. The largest absolute Gasteiger partial charge is 0.397 e. The van der Waals surface area contributed by atoms with Crippen molar-refractivity contribution in [2.24, 2.45) is 7.05 Å². The molecule has 78 valence electrons. The molecule has 0 radical (unpaired) electrons. The van der Waals surface area contributed by atoms with E-state index in [0.717, 1.165) is 5.56 Å². The van der Waals surface area contributed by atoms with Gasteiger partial charge in [-0.25, -0.2) is 4.68 Å². The number of nitrogens with two attached hydrogens (primary N) is 1. The Labute approximate surface area is 95.8 Å². The van der Waals surface area contributed by atoms with Crippen molar-refractivity contribution in [3.05, 3.63) is 22.2 Å². The number of rotatable bonds is 1. The maximum atomic E-state index is 5.90. The molecule has 1 aromatic carbocycles. The topological polar surface area (TPSA) is 69.6 Å². The molecule has 0 saturated heterocycles. The lowest BCUT2D eigenvalue weighted by atomic mass is 10.2. The average Bonchev–Trinajstić information content (AvgIpc) is 2.60. The quantitative estimate of drug-likeness (QED) is 0.776. The highest BCUT2D eigenvalue weighted by Gasteiger charge is 2.10. The second kappa shape index (κ2) is 3.67. The highest BCUT2D eigenvalue weighted by atomic mass is 35.5. The van der Waals surface area contributed by atoms with E-state index in [2.05, 4.69) is 15.5 Å². The van der Waals surface area contributed by atoms with Crippen LogP contribution in [0.25, 0.3) is 11.4 Å². The first kappa shape index (κ1) is 10.2. The molecule has 2 rings (SSSR count). The van der Waals surface area contributed by atoms with Gasteiger partial charge in [0.2, 0.25) is 0 Å². The van der Waals surface area contributed by atoms with Crippen LogP contribution in [0.3, 0.4) is 0 Å². The van der Waals surface area contributed by atoms with Crippen LogP contribution < -0.4 is 5.73 Å². The molecule has 2 aromatic rings. The van der Waals surface area contributed by atoms with E-state index in [1.807, 2.05) is 0 Å². The molecule has 2 N–H and O–H groups in total. The maximum absolute atomic E-state index is 5.90. The van der Waals surface area contributed by atoms with Crippen molar-refractivity contribution < 1.29 is 0 Å². The van der Waals surface area contributed by atoms with Crippen molar-refractivity contribution in [1.29, 1.82) is 0 Å². The predicted octanol–water partition coefficient (Wildman–Crippen LogP) is 1.77. The number of aromatic nitrogens is 4. The zero-order valence-electron chi connectivity index (χ0n) is 7.78. The molecule has 1 heterocycles. The smallest absolute Gasteiger partial charge is 0.181 e. The summed E-state index contributed by atoms with van der Waals surface area (Å²) in [7, 11) is 1.73. The van der Waals surface area contributed by atoms with Gasteiger partial charge >= 0.3 is 0 Å². The Morgan fingerprint density at radius 1 is 1.33 bits per heavy atom. The fraction of sp³-hybridized carbons (Fsp3) is 0.125. The van der Waals surface area contributed by atoms with Crippen molar-refractivity contribution in [3.63, 3.8) is 0 Å². The molecule has 0 aliphatic heterocycles. The van der Waals surface area contributed by atoms with Crippen LogP contribution in [0.15, 0.2) is 12.1 Å². The van der Waals surface area contributed by atoms with E-state index in [-0.39, 0.29) is 0 Å². The van der Waals surface area contributed by atoms with Gasteiger partial charge in [-0.1, -0.05) is 23.2 Å². The summed E-state index contributed by atoms with van der Waals surface area (Å²) < 4.78 is 1.53. The van der Waals surface area contributed by atoms with E-state index in [9.17, 15) is 0 Å². The van der Waals surface area contributed by atoms with Crippen LogP contribution in [0.1, 0.15) is 0 Å². The summed E-state index contributed by atoms with van der Waals surface area (Å²) in [5.74, 6) is 0.584. The Morgan fingerprint density at radius 3 is 2.60 bits per heavy atom. The van der Waals surface area contributed by atoms with E-state index in [4.69, 9.17) is 28.9 Å². The van der Waals surface area contributed by atoms with Crippen molar-refractivity contribution in [2.45, 2.75) is 0 Å². The summed E-state index contributed by atoms with van der Waals surface area (Å²) in [6, 6.07) is 3.35. The fourth-order valence-electron chi connectivity index (χ4n) is 1.21. The first-order valence-electron chi connectivity index (χ1n) is 4.07. The molecule has 0 amide bonds. The van der Waals surface area contributed by atoms with Crippen molar-refractivity contribution in [2.75, 3.05) is 5.73 Å². The van der Waals surface area contributed by atoms with Gasteiger partial charge in [-0.3, -0.25) is 0 Å². The Bertz CT molecular complexity index is 484. The molecule has 0 saturated carbocycles. The van der Waals surface area contributed by atoms with E-state index < -0.39 is 0 Å². The Kier molecular flexibility index (Phi) is 2.50. The fourth-order valence-corrected chi connectivity index (χ4v) is 1.55. The van der Waals surface area contributed by atoms with Crippen molar-refractivity contribution in [1.82, 2.24) is 20.2 Å². The lowest BCUT2D eigenvalue weighted by molar-refractivity contribution is 0.715. The van der Waals surface area contributed by atoms with Crippen LogP contribution in [-0.4, -0.2) is 20.2 Å². The number of anilines is 1. The van der Waals surface area contributed by atoms with Crippen LogP contribution in [0, 0.1) is 0 Å². The van der Waals surface area contributed by atoms with Gasteiger partial charge in [0.25, 0.3) is 0 Å². The lowest BCUT2D eigenvalue weighted by Gasteiger charge is -2.04. The van der Waals surface area contributed by atoms with Crippen molar-refractivity contribution >= 4 is 28.9 Å². The van der Waals surface area contributed by atoms with Gasteiger partial charge in [0.1, 0.15) is 0 Å². The van der Waals surface area contributed by atoms with Gasteiger partial charge in [0, 0.05) is 12.6 Å². The first-order chi connectivity index (χ1) is 7.09. The van der Waals surface area contributed by atoms with Crippen LogP contribution >= 0.6 is 23.2 Å². The molecule has 15 heavy (non-hydrogen) atoms. The molecule has 7 heteroatoms. The first-order valence-corrected chi connectivity index (χ1v) is 4.82. The second-order valence-electron chi connectivity index (χ2n) is 2.99. The number of tetrazole rings is 1. The third-order valence-electron chi connectivity index (χ3n) is 1.93. The number of hydrogen-bond acceptors (Lipinski definition) is 4. The molecule has 0 aliphatic rings. The molecule has 5 nitrogen and oxygen atoms in total. The van der Waals surface area contributed by atoms with Crippen LogP contribution in [-0.2, 0) is 7.05 Å². The second-order valence-corrected chi connectivity index (χ2v) is 3.77. The number of halogens is 2. The van der Waals surface area contributed by atoms with Gasteiger partial charge in [-0.05, 0) is 22.6 Å². The van der Waals surface area contributed by atoms with Crippen LogP contribution in [0.4, 0.5) is 5.69 Å². The van der Waals surface area contributed by atoms with E-state index >= 15 is 0 Å². The minimum Gasteiger partial charge on any atom is -0.397 e. The van der Waals surface area contributed by atoms with Gasteiger partial charge in [0.05, 0.1) is 15.7 Å². The number of nitrogens with zero attached hydrogens (tertiary/aromatic N) is 4. The zero-order chi connectivity index (χ0) is 11.0. The molecule has 0 unspecified atom stereocenters. The maximum Gasteiger partial charge on any atom is 0.181 e. The molecular formula is C8H7Cl2N5. The van der Waals surface area contributed by atoms with E-state index in [1.165, 1.54) is 4.68 Å². The summed E-state index contributed by atoms with van der Waals surface area (Å²) in [6.45, 7) is 0. The number of benzene rings is 1. The summed E-state index contributed by atoms with van der Waals surface area (Å²) in [4.78, 5) is 0. The van der Waals surface area contributed by atoms with E-state index in [1.54, 1.807) is 19.2 Å². The highest BCUT2D eigenvalue weighted by molar-refractivity contribution is 6.43. The molecule has 0 spiro atoms. The monoisotopic (exact) mass is 243 g/mol. The number of aryl methyl sites for hydroxylation is 1. The van der Waals surface area contributed by atoms with Crippen molar-refractivity contribution in [3.8, 4) is 11.4 Å². The van der Waals surface area contributed by atoms with E-state index in [0.29, 0.717) is 21.6 Å². The Balaban J connectivity index is 2.60. The summed E-state index contributed by atoms with van der Waals surface area (Å²) >= 11 is 11.7. The van der Waals surface area contributed by atoms with Crippen LogP contribution in [0.2, 0.25) is 10.0 Å². The molecule has 1 aromatic heterocycles. The molecule has 0 aliphatic carbocycles. The SMILES string of the molecule is Cn1nnnc1-c1cc(N)c(Cl)c(Cl)c1. The van der Waals surface area contributed by atoms with Gasteiger partial charge in [-0.2, -0.15) is 0 Å². The standard InChI is InChI=1S/C8H7Cl2N5/c1-15-8(12-13-14-15)4-2-5(9)7(10)6(11)3-4/h2-3H,11H2,1H3. The summed E-state index contributed by atoms with van der Waals surface area (Å²) in [6.07, 6.45) is 0. The zero-order valence-corrected chi connectivity index (χ0v) is 9.29. The predicted molar refractivity (Wildman–Crippen MR) is 58.7 cm³/mol. The Morgan fingerprint density at radius 2 is 2.07 bits per heavy atom. The van der Waals surface area contributed by atoms with Crippen LogP contribution in [0.5, 0.6) is 0 Å². The summed E-state index contributed by atoms with van der Waals surface area (Å²) in [5.41, 5.74) is 6.82. The molecular weight excluding hydrogens is 237 g/mol. The normalized spacial score (nSPS) is 10.6. The molecule has 0 bridgehead atoms. The average molecular weight is 244 g/mol. The van der Waals surface area contributed by atoms with Gasteiger partial charge in [-0.15, -0.1) is 5.10 Å². The summed E-state index contributed by atoms with van der Waals surface area (Å²) in [5, 5.41) is 11.8.